The van der Waals surface area contributed by atoms with E-state index in [1.165, 1.54) is 0 Å². The Morgan fingerprint density at radius 3 is 2.59 bits per heavy atom. The van der Waals surface area contributed by atoms with Crippen molar-refractivity contribution < 1.29 is 9.59 Å². The quantitative estimate of drug-likeness (QED) is 0.541. The number of nitrogens with one attached hydrogen (secondary N) is 1. The van der Waals surface area contributed by atoms with Crippen LogP contribution in [0.1, 0.15) is 40.2 Å². The van der Waals surface area contributed by atoms with Crippen LogP contribution in [0, 0.1) is 13.8 Å². The van der Waals surface area contributed by atoms with Crippen LogP contribution >= 0.6 is 15.9 Å². The van der Waals surface area contributed by atoms with Crippen molar-refractivity contribution in [3.05, 3.63) is 75.5 Å². The molecule has 1 fully saturated rings. The average Bonchev–Trinajstić information content (AvgIpc) is 3.34. The van der Waals surface area contributed by atoms with E-state index in [1.54, 1.807) is 12.1 Å². The van der Waals surface area contributed by atoms with Crippen molar-refractivity contribution in [2.24, 2.45) is 5.73 Å². The predicted molar refractivity (Wildman–Crippen MR) is 128 cm³/mol. The summed E-state index contributed by atoms with van der Waals surface area (Å²) in [6.45, 7) is 5.42. The molecule has 0 spiro atoms. The molecule has 2 heterocycles. The van der Waals surface area contributed by atoms with Crippen LogP contribution in [0.15, 0.2) is 53.0 Å². The van der Waals surface area contributed by atoms with Gasteiger partial charge in [0.15, 0.2) is 0 Å². The summed E-state index contributed by atoms with van der Waals surface area (Å²) in [7, 11) is 0. The number of amides is 2. The first-order valence-corrected chi connectivity index (χ1v) is 11.4. The summed E-state index contributed by atoms with van der Waals surface area (Å²) in [6, 6.07) is 14.8. The number of carbonyl (C=O) groups is 2. The number of rotatable bonds is 6. The smallest absolute Gasteiger partial charge is 0.255 e. The fourth-order valence-corrected chi connectivity index (χ4v) is 4.40. The monoisotopic (exact) mass is 495 g/mol. The summed E-state index contributed by atoms with van der Waals surface area (Å²) in [5.74, 6) is -0.456. The topological polar surface area (TPSA) is 93.2 Å². The molecule has 1 atom stereocenters. The number of likely N-dealkylation sites (tertiary alicyclic amines) is 1. The van der Waals surface area contributed by atoms with Gasteiger partial charge in [-0.25, -0.2) is 4.68 Å². The van der Waals surface area contributed by atoms with Gasteiger partial charge < -0.3 is 11.1 Å². The van der Waals surface area contributed by atoms with Crippen molar-refractivity contribution in [1.82, 2.24) is 14.7 Å². The maximum atomic E-state index is 12.8. The summed E-state index contributed by atoms with van der Waals surface area (Å²) < 4.78 is 2.83. The normalized spacial score (nSPS) is 16.3. The lowest BCUT2D eigenvalue weighted by atomic mass is 10.1. The van der Waals surface area contributed by atoms with E-state index < -0.39 is 0 Å². The largest absolute Gasteiger partial charge is 0.368 e. The highest BCUT2D eigenvalue weighted by Crippen LogP contribution is 2.24. The van der Waals surface area contributed by atoms with E-state index in [4.69, 9.17) is 5.73 Å². The molecule has 0 radical (unpaired) electrons. The van der Waals surface area contributed by atoms with Crippen molar-refractivity contribution in [2.75, 3.05) is 11.9 Å². The molecule has 7 nitrogen and oxygen atoms in total. The first-order chi connectivity index (χ1) is 15.3. The maximum Gasteiger partial charge on any atom is 0.255 e. The van der Waals surface area contributed by atoms with Crippen LogP contribution in [0.5, 0.6) is 0 Å². The highest BCUT2D eigenvalue weighted by molar-refractivity contribution is 9.10. The number of carbonyl (C=O) groups excluding carboxylic acids is 2. The molecule has 1 aliphatic heterocycles. The van der Waals surface area contributed by atoms with Gasteiger partial charge in [0.05, 0.1) is 27.6 Å². The lowest BCUT2D eigenvalue weighted by Gasteiger charge is -2.22. The number of aromatic nitrogens is 2. The predicted octanol–water partition coefficient (Wildman–Crippen LogP) is 3.95. The third-order valence-electron chi connectivity index (χ3n) is 5.84. The number of anilines is 1. The molecule has 1 aliphatic rings. The van der Waals surface area contributed by atoms with Crippen LogP contribution in [0.25, 0.3) is 5.69 Å². The SMILES string of the molecule is Cc1nn(-c2ccc(C(=O)Nc3cccc(CN4CCCC4C(N)=O)c3)cc2)c(C)c1Br. The third kappa shape index (κ3) is 4.61. The highest BCUT2D eigenvalue weighted by atomic mass is 79.9. The molecule has 3 aromatic rings. The second kappa shape index (κ2) is 9.26. The minimum absolute atomic E-state index is 0.181. The first kappa shape index (κ1) is 22.2. The van der Waals surface area contributed by atoms with E-state index in [2.05, 4.69) is 31.2 Å². The summed E-state index contributed by atoms with van der Waals surface area (Å²) >= 11 is 3.54. The second-order valence-corrected chi connectivity index (χ2v) is 8.92. The van der Waals surface area contributed by atoms with Crippen molar-refractivity contribution in [1.29, 1.82) is 0 Å². The Bertz CT molecular complexity index is 1160. The second-order valence-electron chi connectivity index (χ2n) is 8.13. The first-order valence-electron chi connectivity index (χ1n) is 10.6. The van der Waals surface area contributed by atoms with Crippen LogP contribution < -0.4 is 11.1 Å². The van der Waals surface area contributed by atoms with Gasteiger partial charge in [-0.1, -0.05) is 12.1 Å². The number of hydrogen-bond donors (Lipinski definition) is 2. The van der Waals surface area contributed by atoms with Crippen molar-refractivity contribution >= 4 is 33.4 Å². The molecule has 0 aliphatic carbocycles. The number of nitrogens with zero attached hydrogens (tertiary/aromatic N) is 3. The van der Waals surface area contributed by atoms with Gasteiger partial charge >= 0.3 is 0 Å². The Hall–Kier alpha value is -2.97. The average molecular weight is 496 g/mol. The summed E-state index contributed by atoms with van der Waals surface area (Å²) in [4.78, 5) is 26.5. The van der Waals surface area contributed by atoms with Crippen molar-refractivity contribution in [3.8, 4) is 5.69 Å². The summed E-state index contributed by atoms with van der Waals surface area (Å²) in [5, 5.41) is 7.49. The fraction of sp³-hybridized carbons (Fsp3) is 0.292. The molecule has 1 aromatic heterocycles. The van der Waals surface area contributed by atoms with Crippen LogP contribution in [0.2, 0.25) is 0 Å². The summed E-state index contributed by atoms with van der Waals surface area (Å²) in [5.41, 5.74) is 10.6. The minimum Gasteiger partial charge on any atom is -0.368 e. The number of primary amides is 1. The van der Waals surface area contributed by atoms with Gasteiger partial charge in [-0.3, -0.25) is 14.5 Å². The zero-order valence-corrected chi connectivity index (χ0v) is 19.7. The van der Waals surface area contributed by atoms with Gasteiger partial charge in [0.1, 0.15) is 0 Å². The molecule has 8 heteroatoms. The fourth-order valence-electron chi connectivity index (χ4n) is 4.15. The molecule has 0 bridgehead atoms. The third-order valence-corrected chi connectivity index (χ3v) is 6.99. The standard InChI is InChI=1S/C24H26BrN5O2/c1-15-22(25)16(2)30(28-15)20-10-8-18(9-11-20)24(32)27-19-6-3-5-17(13-19)14-29-12-4-7-21(29)23(26)31/h3,5-6,8-11,13,21H,4,7,12,14H2,1-2H3,(H2,26,31)(H,27,32). The molecule has 166 valence electrons. The molecular formula is C24H26BrN5O2. The molecule has 2 amide bonds. The maximum absolute atomic E-state index is 12.8. The lowest BCUT2D eigenvalue weighted by Crippen LogP contribution is -2.39. The molecule has 4 rings (SSSR count). The summed E-state index contributed by atoms with van der Waals surface area (Å²) in [6.07, 6.45) is 1.77. The van der Waals surface area contributed by atoms with Gasteiger partial charge in [0, 0.05) is 17.8 Å². The molecule has 0 saturated carbocycles. The van der Waals surface area contributed by atoms with Crippen LogP contribution in [-0.2, 0) is 11.3 Å². The van der Waals surface area contributed by atoms with Gasteiger partial charge in [0.2, 0.25) is 5.91 Å². The zero-order valence-electron chi connectivity index (χ0n) is 18.1. The van der Waals surface area contributed by atoms with Gasteiger partial charge in [-0.2, -0.15) is 5.10 Å². The number of nitrogens with two attached hydrogens (primary N) is 1. The van der Waals surface area contributed by atoms with Gasteiger partial charge in [-0.05, 0) is 91.1 Å². The Morgan fingerprint density at radius 1 is 1.19 bits per heavy atom. The van der Waals surface area contributed by atoms with Crippen molar-refractivity contribution in [3.63, 3.8) is 0 Å². The Morgan fingerprint density at radius 2 is 1.94 bits per heavy atom. The molecular weight excluding hydrogens is 470 g/mol. The Balaban J connectivity index is 1.44. The Labute approximate surface area is 195 Å². The van der Waals surface area contributed by atoms with E-state index >= 15 is 0 Å². The minimum atomic E-state index is -0.275. The number of benzene rings is 2. The van der Waals surface area contributed by atoms with E-state index in [0.717, 1.165) is 46.5 Å². The van der Waals surface area contributed by atoms with E-state index in [-0.39, 0.29) is 17.9 Å². The van der Waals surface area contributed by atoms with Crippen LogP contribution in [0.3, 0.4) is 0 Å². The van der Waals surface area contributed by atoms with E-state index in [9.17, 15) is 9.59 Å². The molecule has 2 aromatic carbocycles. The number of hydrogen-bond acceptors (Lipinski definition) is 4. The molecule has 1 saturated heterocycles. The van der Waals surface area contributed by atoms with E-state index in [0.29, 0.717) is 17.8 Å². The molecule has 3 N–H and O–H groups in total. The Kier molecular flexibility index (Phi) is 6.43. The van der Waals surface area contributed by atoms with Gasteiger partial charge in [0.25, 0.3) is 5.91 Å². The number of aryl methyl sites for hydroxylation is 1. The van der Waals surface area contributed by atoms with E-state index in [1.807, 2.05) is 54.9 Å². The highest BCUT2D eigenvalue weighted by Gasteiger charge is 2.28. The lowest BCUT2D eigenvalue weighted by molar-refractivity contribution is -0.122. The molecule has 1 unspecified atom stereocenters. The molecule has 32 heavy (non-hydrogen) atoms. The van der Waals surface area contributed by atoms with Gasteiger partial charge in [-0.15, -0.1) is 0 Å². The number of halogens is 1. The van der Waals surface area contributed by atoms with Crippen LogP contribution in [0.4, 0.5) is 5.69 Å². The zero-order chi connectivity index (χ0) is 22.8. The van der Waals surface area contributed by atoms with Crippen molar-refractivity contribution in [2.45, 2.75) is 39.3 Å². The van der Waals surface area contributed by atoms with Crippen LogP contribution in [-0.4, -0.2) is 39.1 Å².